The van der Waals surface area contributed by atoms with Gasteiger partial charge in [0.05, 0.1) is 23.5 Å². The number of fused-ring (bicyclic) bond motifs is 2. The number of halogens is 1. The third-order valence-corrected chi connectivity index (χ3v) is 4.78. The minimum absolute atomic E-state index is 0.387. The number of rotatable bonds is 2. The highest BCUT2D eigenvalue weighted by Crippen LogP contribution is 2.34. The van der Waals surface area contributed by atoms with Crippen molar-refractivity contribution in [1.29, 1.82) is 0 Å². The normalized spacial score (nSPS) is 16.6. The Morgan fingerprint density at radius 1 is 1.33 bits per heavy atom. The first-order valence-corrected chi connectivity index (χ1v) is 8.06. The van der Waals surface area contributed by atoms with Gasteiger partial charge in [0.2, 0.25) is 0 Å². The van der Waals surface area contributed by atoms with Crippen LogP contribution in [0.15, 0.2) is 35.9 Å². The second-order valence-corrected chi connectivity index (χ2v) is 6.49. The van der Waals surface area contributed by atoms with Gasteiger partial charge in [-0.15, -0.1) is 0 Å². The quantitative estimate of drug-likeness (QED) is 0.645. The van der Waals surface area contributed by atoms with E-state index in [4.69, 9.17) is 11.6 Å². The number of nitrogens with one attached hydrogen (secondary N) is 2. The third-order valence-electron chi connectivity index (χ3n) is 2.91. The van der Waals surface area contributed by atoms with Crippen LogP contribution in [-0.4, -0.2) is 19.3 Å². The van der Waals surface area contributed by atoms with Crippen molar-refractivity contribution < 1.29 is 0 Å². The molecule has 9 heteroatoms. The van der Waals surface area contributed by atoms with Crippen LogP contribution in [0.1, 0.15) is 5.82 Å². The first-order valence-electron chi connectivity index (χ1n) is 6.09. The molecular weight excluding hydrogens is 328 g/mol. The lowest BCUT2D eigenvalue weighted by Crippen LogP contribution is -2.14. The SMILES string of the molecule is Cc1nc(Cl)c2nc(NC3=CC=CN4SNC=C34)sc2n1. The molecule has 6 nitrogen and oxygen atoms in total. The Balaban J connectivity index is 1.70. The summed E-state index contributed by atoms with van der Waals surface area (Å²) in [6, 6.07) is 0. The minimum Gasteiger partial charge on any atom is -0.330 e. The van der Waals surface area contributed by atoms with Crippen molar-refractivity contribution in [3.63, 3.8) is 0 Å². The highest BCUT2D eigenvalue weighted by Gasteiger charge is 2.21. The van der Waals surface area contributed by atoms with Crippen LogP contribution in [-0.2, 0) is 0 Å². The zero-order valence-electron chi connectivity index (χ0n) is 10.8. The van der Waals surface area contributed by atoms with Crippen LogP contribution in [0.5, 0.6) is 0 Å². The summed E-state index contributed by atoms with van der Waals surface area (Å²) in [5.74, 6) is 0.646. The topological polar surface area (TPSA) is 66.0 Å². The molecule has 0 saturated heterocycles. The van der Waals surface area contributed by atoms with Crippen LogP contribution < -0.4 is 10.0 Å². The summed E-state index contributed by atoms with van der Waals surface area (Å²) in [5, 5.41) is 4.44. The Morgan fingerprint density at radius 2 is 2.24 bits per heavy atom. The summed E-state index contributed by atoms with van der Waals surface area (Å²) >= 11 is 9.08. The molecule has 106 valence electrons. The maximum Gasteiger partial charge on any atom is 0.189 e. The third kappa shape index (κ3) is 2.25. The van der Waals surface area contributed by atoms with Crippen LogP contribution >= 0.6 is 35.1 Å². The zero-order valence-corrected chi connectivity index (χ0v) is 13.2. The van der Waals surface area contributed by atoms with Gasteiger partial charge >= 0.3 is 0 Å². The predicted octanol–water partition coefficient (Wildman–Crippen LogP) is 3.18. The molecule has 0 fully saturated rings. The average molecular weight is 337 g/mol. The highest BCUT2D eigenvalue weighted by molar-refractivity contribution is 7.95. The van der Waals surface area contributed by atoms with Gasteiger partial charge in [-0.3, -0.25) is 4.31 Å². The standard InChI is InChI=1S/C12H9ClN6S2/c1-6-15-10(13)9-11(16-6)20-12(18-9)17-7-3-2-4-19-8(7)5-14-21-19/h2-5,14H,1H3,(H,17,18). The number of anilines is 1. The smallest absolute Gasteiger partial charge is 0.189 e. The van der Waals surface area contributed by atoms with Crippen molar-refractivity contribution in [2.24, 2.45) is 0 Å². The number of hydrogen-bond donors (Lipinski definition) is 2. The number of allylic oxidation sites excluding steroid dienone is 2. The Bertz CT molecular complexity index is 825. The molecule has 0 unspecified atom stereocenters. The van der Waals surface area contributed by atoms with Gasteiger partial charge in [0.15, 0.2) is 15.1 Å². The fourth-order valence-corrected chi connectivity index (χ4v) is 3.89. The number of aryl methyl sites for hydroxylation is 1. The van der Waals surface area contributed by atoms with Gasteiger partial charge in [0, 0.05) is 12.4 Å². The van der Waals surface area contributed by atoms with Crippen LogP contribution in [0.2, 0.25) is 5.15 Å². The van der Waals surface area contributed by atoms with E-state index in [1.165, 1.54) is 23.5 Å². The fraction of sp³-hybridized carbons (Fsp3) is 0.0833. The molecule has 2 aliphatic rings. The van der Waals surface area contributed by atoms with E-state index < -0.39 is 0 Å². The van der Waals surface area contributed by atoms with Crippen molar-refractivity contribution in [3.05, 3.63) is 46.9 Å². The molecule has 2 aliphatic heterocycles. The van der Waals surface area contributed by atoms with Gasteiger partial charge in [-0.1, -0.05) is 22.9 Å². The molecule has 4 rings (SSSR count). The lowest BCUT2D eigenvalue weighted by Gasteiger charge is -2.20. The van der Waals surface area contributed by atoms with E-state index in [0.717, 1.165) is 21.4 Å². The minimum atomic E-state index is 0.387. The number of nitrogens with zero attached hydrogens (tertiary/aromatic N) is 4. The van der Waals surface area contributed by atoms with E-state index >= 15 is 0 Å². The van der Waals surface area contributed by atoms with Crippen molar-refractivity contribution in [3.8, 4) is 0 Å². The maximum absolute atomic E-state index is 6.11. The molecule has 2 aromatic heterocycles. The van der Waals surface area contributed by atoms with Gasteiger partial charge in [0.1, 0.15) is 11.3 Å². The van der Waals surface area contributed by atoms with Crippen molar-refractivity contribution in [2.45, 2.75) is 6.92 Å². The Kier molecular flexibility index (Phi) is 3.02. The zero-order chi connectivity index (χ0) is 14.4. The predicted molar refractivity (Wildman–Crippen MR) is 86.5 cm³/mol. The molecule has 2 N–H and O–H groups in total. The largest absolute Gasteiger partial charge is 0.330 e. The molecular formula is C12H9ClN6S2. The van der Waals surface area contributed by atoms with Crippen LogP contribution in [0.4, 0.5) is 5.13 Å². The molecule has 0 radical (unpaired) electrons. The highest BCUT2D eigenvalue weighted by atomic mass is 35.5. The summed E-state index contributed by atoms with van der Waals surface area (Å²) in [5.41, 5.74) is 2.65. The van der Waals surface area contributed by atoms with E-state index in [1.807, 2.05) is 35.8 Å². The van der Waals surface area contributed by atoms with Crippen LogP contribution in [0, 0.1) is 6.92 Å². The van der Waals surface area contributed by atoms with Gasteiger partial charge < -0.3 is 10.0 Å². The molecule has 2 aromatic rings. The van der Waals surface area contributed by atoms with E-state index in [-0.39, 0.29) is 0 Å². The Hall–Kier alpha value is -1.77. The van der Waals surface area contributed by atoms with Gasteiger partial charge in [-0.2, -0.15) is 0 Å². The van der Waals surface area contributed by atoms with Crippen LogP contribution in [0.3, 0.4) is 0 Å². The summed E-state index contributed by atoms with van der Waals surface area (Å²) in [6.45, 7) is 1.82. The van der Waals surface area contributed by atoms with Crippen LogP contribution in [0.25, 0.3) is 10.3 Å². The van der Waals surface area contributed by atoms with Gasteiger partial charge in [0.25, 0.3) is 0 Å². The molecule has 0 aromatic carbocycles. The number of hydrogen-bond acceptors (Lipinski definition) is 8. The van der Waals surface area contributed by atoms with Crippen molar-refractivity contribution in [2.75, 3.05) is 5.32 Å². The Morgan fingerprint density at radius 3 is 3.14 bits per heavy atom. The number of thiazole rings is 1. The molecule has 0 atom stereocenters. The Labute approximate surface area is 133 Å². The van der Waals surface area contributed by atoms with E-state index in [2.05, 4.69) is 25.0 Å². The molecule has 0 spiro atoms. The molecule has 0 bridgehead atoms. The first kappa shape index (κ1) is 12.9. The van der Waals surface area contributed by atoms with E-state index in [1.54, 1.807) is 0 Å². The molecule has 0 saturated carbocycles. The molecule has 4 heterocycles. The lowest BCUT2D eigenvalue weighted by molar-refractivity contribution is 0.787. The lowest BCUT2D eigenvalue weighted by atomic mass is 10.2. The number of aromatic nitrogens is 3. The van der Waals surface area contributed by atoms with Crippen molar-refractivity contribution >= 4 is 50.6 Å². The monoisotopic (exact) mass is 336 g/mol. The molecule has 21 heavy (non-hydrogen) atoms. The maximum atomic E-state index is 6.11. The summed E-state index contributed by atoms with van der Waals surface area (Å²) in [4.78, 5) is 13.7. The average Bonchev–Trinajstić information content (AvgIpc) is 3.05. The molecule has 0 aliphatic carbocycles. The molecule has 0 amide bonds. The summed E-state index contributed by atoms with van der Waals surface area (Å²) < 4.78 is 5.15. The van der Waals surface area contributed by atoms with Gasteiger partial charge in [-0.25, -0.2) is 15.0 Å². The van der Waals surface area contributed by atoms with E-state index in [9.17, 15) is 0 Å². The van der Waals surface area contributed by atoms with E-state index in [0.29, 0.717) is 16.5 Å². The van der Waals surface area contributed by atoms with Gasteiger partial charge in [-0.05, 0) is 19.1 Å². The second-order valence-electron chi connectivity index (χ2n) is 4.35. The van der Waals surface area contributed by atoms with Crippen molar-refractivity contribution in [1.82, 2.24) is 24.0 Å². The second kappa shape index (κ2) is 4.90. The fourth-order valence-electron chi connectivity index (χ4n) is 2.03. The summed E-state index contributed by atoms with van der Waals surface area (Å²) in [6.07, 6.45) is 7.91. The first-order chi connectivity index (χ1) is 10.2. The summed E-state index contributed by atoms with van der Waals surface area (Å²) in [7, 11) is 0.